The molecule has 0 saturated heterocycles. The maximum absolute atomic E-state index is 12.5. The molecule has 0 aliphatic carbocycles. The molecule has 2 N–H and O–H groups in total. The van der Waals surface area contributed by atoms with Gasteiger partial charge in [0.1, 0.15) is 11.5 Å². The van der Waals surface area contributed by atoms with Crippen molar-refractivity contribution >= 4 is 15.5 Å². The quantitative estimate of drug-likeness (QED) is 0.830. The Morgan fingerprint density at radius 3 is 2.24 bits per heavy atom. The summed E-state index contributed by atoms with van der Waals surface area (Å²) >= 11 is 0. The molecule has 5 nitrogen and oxygen atoms in total. The van der Waals surface area contributed by atoms with Gasteiger partial charge in [-0.15, -0.1) is 0 Å². The molecule has 0 spiro atoms. The third-order valence-corrected chi connectivity index (χ3v) is 5.06. The van der Waals surface area contributed by atoms with E-state index in [-0.39, 0.29) is 5.75 Å². The predicted octanol–water partition coefficient (Wildman–Crippen LogP) is 3.87. The summed E-state index contributed by atoms with van der Waals surface area (Å²) < 4.78 is 65.3. The van der Waals surface area contributed by atoms with E-state index < -0.39 is 26.3 Å². The molecule has 9 heteroatoms. The second kappa shape index (κ2) is 6.83. The fraction of sp³-hybridized carbons (Fsp3) is 0.250. The molecule has 0 amide bonds. The number of anilines is 1. The van der Waals surface area contributed by atoms with Crippen molar-refractivity contribution in [3.8, 4) is 11.5 Å². The highest BCUT2D eigenvalue weighted by Gasteiger charge is 2.46. The second-order valence-electron chi connectivity index (χ2n) is 5.26. The van der Waals surface area contributed by atoms with E-state index >= 15 is 0 Å². The molecule has 0 fully saturated rings. The van der Waals surface area contributed by atoms with Crippen LogP contribution < -0.4 is 10.1 Å². The van der Waals surface area contributed by atoms with Crippen LogP contribution in [0.5, 0.6) is 11.5 Å². The molecule has 0 aliphatic rings. The molecular formula is C16H16F3NO4S. The summed E-state index contributed by atoms with van der Waals surface area (Å²) in [7, 11) is -3.89. The van der Waals surface area contributed by atoms with Crippen molar-refractivity contribution in [2.75, 3.05) is 12.4 Å². The Kier molecular flexibility index (Phi) is 5.17. The van der Waals surface area contributed by atoms with Gasteiger partial charge in [-0.2, -0.15) is 13.2 Å². The van der Waals surface area contributed by atoms with Gasteiger partial charge in [-0.05, 0) is 49.4 Å². The highest BCUT2D eigenvalue weighted by atomic mass is 32.2. The number of phenols is 1. The minimum Gasteiger partial charge on any atom is -0.508 e. The summed E-state index contributed by atoms with van der Waals surface area (Å²) in [5.74, 6) is 0.560. The third-order valence-electron chi connectivity index (χ3n) is 3.55. The number of ether oxygens (including phenoxy) is 1. The highest BCUT2D eigenvalue weighted by molar-refractivity contribution is 7.92. The Bertz CT molecular complexity index is 849. The molecule has 2 aromatic rings. The fourth-order valence-electron chi connectivity index (χ4n) is 2.20. The van der Waals surface area contributed by atoms with Gasteiger partial charge in [-0.25, -0.2) is 8.42 Å². The molecule has 2 rings (SSSR count). The lowest BCUT2D eigenvalue weighted by Crippen LogP contribution is -2.23. The average molecular weight is 375 g/mol. The standard InChI is InChI=1S/C16H16F3NO4S/c1-10(14-9-12(24-2)5-8-15(14)21)20-11-3-6-13(7-4-11)25(22,23)16(17,18)19/h3-10,20-21H,1-2H3. The van der Waals surface area contributed by atoms with Gasteiger partial charge in [0.05, 0.1) is 18.0 Å². The van der Waals surface area contributed by atoms with Crippen LogP contribution in [-0.4, -0.2) is 26.1 Å². The lowest BCUT2D eigenvalue weighted by atomic mass is 10.1. The van der Waals surface area contributed by atoms with Crippen molar-refractivity contribution < 1.29 is 31.4 Å². The number of sulfone groups is 1. The Hall–Kier alpha value is -2.42. The summed E-state index contributed by atoms with van der Waals surface area (Å²) in [6.07, 6.45) is 0. The van der Waals surface area contributed by atoms with Crippen LogP contribution in [0.1, 0.15) is 18.5 Å². The summed E-state index contributed by atoms with van der Waals surface area (Å²) in [6, 6.07) is 8.48. The minimum absolute atomic E-state index is 0.0251. The Morgan fingerprint density at radius 1 is 1.12 bits per heavy atom. The first-order valence-corrected chi connectivity index (χ1v) is 8.59. The number of aromatic hydroxyl groups is 1. The lowest BCUT2D eigenvalue weighted by molar-refractivity contribution is -0.0436. The van der Waals surface area contributed by atoms with E-state index in [1.807, 2.05) is 0 Å². The number of halogens is 3. The Morgan fingerprint density at radius 2 is 1.72 bits per heavy atom. The predicted molar refractivity (Wildman–Crippen MR) is 86.4 cm³/mol. The maximum atomic E-state index is 12.5. The van der Waals surface area contributed by atoms with E-state index in [1.54, 1.807) is 19.1 Å². The van der Waals surface area contributed by atoms with Gasteiger partial charge in [-0.3, -0.25) is 0 Å². The van der Waals surface area contributed by atoms with Gasteiger partial charge in [0.25, 0.3) is 9.84 Å². The zero-order valence-corrected chi connectivity index (χ0v) is 14.1. The van der Waals surface area contributed by atoms with Crippen LogP contribution in [0.4, 0.5) is 18.9 Å². The molecule has 0 saturated carbocycles. The van der Waals surface area contributed by atoms with Crippen molar-refractivity contribution in [3.05, 3.63) is 48.0 Å². The monoisotopic (exact) mass is 375 g/mol. The smallest absolute Gasteiger partial charge is 0.501 e. The number of phenolic OH excluding ortho intramolecular Hbond substituents is 1. The second-order valence-corrected chi connectivity index (χ2v) is 7.21. The molecule has 0 aromatic heterocycles. The van der Waals surface area contributed by atoms with Crippen LogP contribution in [0.3, 0.4) is 0 Å². The summed E-state index contributed by atoms with van der Waals surface area (Å²) in [4.78, 5) is -0.831. The first-order chi connectivity index (χ1) is 11.6. The van der Waals surface area contributed by atoms with Gasteiger partial charge in [-0.1, -0.05) is 0 Å². The summed E-state index contributed by atoms with van der Waals surface area (Å²) in [5.41, 5.74) is -4.43. The van der Waals surface area contributed by atoms with Gasteiger partial charge < -0.3 is 15.2 Å². The van der Waals surface area contributed by atoms with Gasteiger partial charge in [0, 0.05) is 11.3 Å². The first-order valence-electron chi connectivity index (χ1n) is 7.11. The lowest BCUT2D eigenvalue weighted by Gasteiger charge is -2.18. The largest absolute Gasteiger partial charge is 0.508 e. The van der Waals surface area contributed by atoms with Crippen LogP contribution in [0.15, 0.2) is 47.4 Å². The first kappa shape index (κ1) is 18.9. The van der Waals surface area contributed by atoms with E-state index in [9.17, 15) is 26.7 Å². The normalized spacial score (nSPS) is 13.3. The zero-order chi connectivity index (χ0) is 18.8. The van der Waals surface area contributed by atoms with Crippen molar-refractivity contribution in [1.82, 2.24) is 0 Å². The molecule has 0 heterocycles. The number of methoxy groups -OCH3 is 1. The minimum atomic E-state index is -5.37. The van der Waals surface area contributed by atoms with Gasteiger partial charge in [0.2, 0.25) is 0 Å². The fourth-order valence-corrected chi connectivity index (χ4v) is 2.96. The van der Waals surface area contributed by atoms with E-state index in [4.69, 9.17) is 4.74 Å². The van der Waals surface area contributed by atoms with Crippen LogP contribution in [0.2, 0.25) is 0 Å². The van der Waals surface area contributed by atoms with Gasteiger partial charge >= 0.3 is 5.51 Å². The van der Waals surface area contributed by atoms with Crippen LogP contribution in [0, 0.1) is 0 Å². The average Bonchev–Trinajstić information content (AvgIpc) is 2.54. The third kappa shape index (κ3) is 3.98. The molecular weight excluding hydrogens is 359 g/mol. The number of alkyl halides is 3. The molecule has 136 valence electrons. The number of hydrogen-bond donors (Lipinski definition) is 2. The summed E-state index contributed by atoms with van der Waals surface area (Å²) in [5, 5.41) is 12.9. The molecule has 25 heavy (non-hydrogen) atoms. The van der Waals surface area contributed by atoms with Crippen LogP contribution >= 0.6 is 0 Å². The van der Waals surface area contributed by atoms with Crippen molar-refractivity contribution in [3.63, 3.8) is 0 Å². The van der Waals surface area contributed by atoms with Crippen molar-refractivity contribution in [2.24, 2.45) is 0 Å². The van der Waals surface area contributed by atoms with Crippen LogP contribution in [0.25, 0.3) is 0 Å². The molecule has 1 atom stereocenters. The maximum Gasteiger partial charge on any atom is 0.501 e. The van der Waals surface area contributed by atoms with Gasteiger partial charge in [0.15, 0.2) is 0 Å². The topological polar surface area (TPSA) is 75.6 Å². The molecule has 0 bridgehead atoms. The van der Waals surface area contributed by atoms with E-state index in [1.165, 1.54) is 25.3 Å². The van der Waals surface area contributed by atoms with Crippen molar-refractivity contribution in [2.45, 2.75) is 23.4 Å². The van der Waals surface area contributed by atoms with E-state index in [0.29, 0.717) is 17.0 Å². The number of nitrogens with one attached hydrogen (secondary N) is 1. The SMILES string of the molecule is COc1ccc(O)c(C(C)Nc2ccc(S(=O)(=O)C(F)(F)F)cc2)c1. The Balaban J connectivity index is 2.22. The molecule has 0 aliphatic heterocycles. The van der Waals surface area contributed by atoms with E-state index in [2.05, 4.69) is 5.32 Å². The number of rotatable bonds is 5. The highest BCUT2D eigenvalue weighted by Crippen LogP contribution is 2.33. The molecule has 0 radical (unpaired) electrons. The number of benzene rings is 2. The molecule has 2 aromatic carbocycles. The van der Waals surface area contributed by atoms with E-state index in [0.717, 1.165) is 12.1 Å². The van der Waals surface area contributed by atoms with Crippen LogP contribution in [-0.2, 0) is 9.84 Å². The summed E-state index contributed by atoms with van der Waals surface area (Å²) in [6.45, 7) is 1.73. The molecule has 1 unspecified atom stereocenters. The number of hydrogen-bond acceptors (Lipinski definition) is 5. The Labute approximate surface area is 143 Å². The zero-order valence-electron chi connectivity index (χ0n) is 13.3. The van der Waals surface area contributed by atoms with Crippen molar-refractivity contribution in [1.29, 1.82) is 0 Å².